The van der Waals surface area contributed by atoms with E-state index in [0.29, 0.717) is 31.0 Å². The molecule has 0 aromatic heterocycles. The first-order valence-electron chi connectivity index (χ1n) is 7.49. The maximum absolute atomic E-state index is 12.9. The number of nitrogens with two attached hydrogens (primary N) is 1. The molecule has 2 rings (SSSR count). The van der Waals surface area contributed by atoms with Gasteiger partial charge in [0.25, 0.3) is 0 Å². The summed E-state index contributed by atoms with van der Waals surface area (Å²) in [7, 11) is -3.80. The number of nitrogens with zero attached hydrogens (tertiary/aromatic N) is 1. The maximum atomic E-state index is 12.9. The summed E-state index contributed by atoms with van der Waals surface area (Å²) >= 11 is 6.10. The number of carbonyl (C=O) groups is 1. The molecule has 0 bridgehead atoms. The predicted octanol–water partition coefficient (Wildman–Crippen LogP) is 1.93. The average molecular weight is 361 g/mol. The molecule has 8 heteroatoms. The first-order chi connectivity index (χ1) is 10.8. The quantitative estimate of drug-likeness (QED) is 0.868. The molecule has 1 aromatic carbocycles. The summed E-state index contributed by atoms with van der Waals surface area (Å²) in [6.07, 6.45) is 1.20. The van der Waals surface area contributed by atoms with E-state index in [0.717, 1.165) is 5.56 Å². The average Bonchev–Trinajstić information content (AvgIpc) is 2.51. The number of amides is 1. The second-order valence-electron chi connectivity index (χ2n) is 5.59. The Hall–Kier alpha value is -1.31. The second kappa shape index (κ2) is 7.07. The highest BCUT2D eigenvalue weighted by molar-refractivity contribution is 7.89. The van der Waals surface area contributed by atoms with E-state index in [1.807, 2.05) is 0 Å². The molecule has 1 aromatic rings. The number of hydrogen-bond donors (Lipinski definition) is 1. The van der Waals surface area contributed by atoms with E-state index < -0.39 is 21.8 Å². The van der Waals surface area contributed by atoms with Gasteiger partial charge in [0.1, 0.15) is 10.6 Å². The van der Waals surface area contributed by atoms with Crippen LogP contribution in [0.15, 0.2) is 17.0 Å². The van der Waals surface area contributed by atoms with Crippen LogP contribution in [0, 0.1) is 12.8 Å². The fraction of sp³-hybridized carbons (Fsp3) is 0.533. The van der Waals surface area contributed by atoms with Crippen LogP contribution in [0.25, 0.3) is 0 Å². The number of benzene rings is 1. The van der Waals surface area contributed by atoms with E-state index in [-0.39, 0.29) is 17.2 Å². The summed E-state index contributed by atoms with van der Waals surface area (Å²) in [6.45, 7) is 4.35. The molecule has 1 unspecified atom stereocenters. The lowest BCUT2D eigenvalue weighted by Gasteiger charge is -2.30. The van der Waals surface area contributed by atoms with Crippen molar-refractivity contribution in [1.29, 1.82) is 0 Å². The Balaban J connectivity index is 2.42. The number of hydrogen-bond acceptors (Lipinski definition) is 4. The Morgan fingerprint density at radius 1 is 1.48 bits per heavy atom. The van der Waals surface area contributed by atoms with Crippen LogP contribution < -0.4 is 10.5 Å². The molecule has 0 aliphatic carbocycles. The zero-order valence-corrected chi connectivity index (χ0v) is 14.8. The lowest BCUT2D eigenvalue weighted by Crippen LogP contribution is -2.44. The van der Waals surface area contributed by atoms with Gasteiger partial charge in [0.15, 0.2) is 0 Å². The normalized spacial score (nSPS) is 19.5. The SMILES string of the molecule is CCOc1cc(C)c(Cl)cc1S(=O)(=O)N1CCCC(C(N)=O)C1. The van der Waals surface area contributed by atoms with E-state index in [9.17, 15) is 13.2 Å². The molecular weight excluding hydrogens is 340 g/mol. The zero-order valence-electron chi connectivity index (χ0n) is 13.2. The first-order valence-corrected chi connectivity index (χ1v) is 9.31. The van der Waals surface area contributed by atoms with Gasteiger partial charge in [-0.15, -0.1) is 0 Å². The number of rotatable bonds is 5. The van der Waals surface area contributed by atoms with Crippen LogP contribution in [0.3, 0.4) is 0 Å². The summed E-state index contributed by atoms with van der Waals surface area (Å²) in [6, 6.07) is 3.03. The number of halogens is 1. The number of piperidine rings is 1. The topological polar surface area (TPSA) is 89.7 Å². The molecule has 1 amide bonds. The van der Waals surface area contributed by atoms with Crippen molar-refractivity contribution in [3.8, 4) is 5.75 Å². The summed E-state index contributed by atoms with van der Waals surface area (Å²) < 4.78 is 32.7. The van der Waals surface area contributed by atoms with Crippen LogP contribution in [-0.2, 0) is 14.8 Å². The van der Waals surface area contributed by atoms with Gasteiger partial charge in [-0.3, -0.25) is 4.79 Å². The monoisotopic (exact) mass is 360 g/mol. The molecule has 0 saturated carbocycles. The van der Waals surface area contributed by atoms with Crippen molar-refractivity contribution in [3.63, 3.8) is 0 Å². The molecule has 0 spiro atoms. The van der Waals surface area contributed by atoms with Gasteiger partial charge in [-0.05, 0) is 44.4 Å². The molecule has 6 nitrogen and oxygen atoms in total. The van der Waals surface area contributed by atoms with Crippen LogP contribution >= 0.6 is 11.6 Å². The van der Waals surface area contributed by atoms with Gasteiger partial charge in [0, 0.05) is 18.1 Å². The smallest absolute Gasteiger partial charge is 0.246 e. The molecule has 1 saturated heterocycles. The van der Waals surface area contributed by atoms with E-state index in [4.69, 9.17) is 22.1 Å². The van der Waals surface area contributed by atoms with Gasteiger partial charge in [0.2, 0.25) is 15.9 Å². The lowest BCUT2D eigenvalue weighted by molar-refractivity contribution is -0.122. The first kappa shape index (κ1) is 18.0. The van der Waals surface area contributed by atoms with Gasteiger partial charge < -0.3 is 10.5 Å². The molecule has 1 atom stereocenters. The van der Waals surface area contributed by atoms with E-state index in [1.165, 1.54) is 10.4 Å². The van der Waals surface area contributed by atoms with Crippen LogP contribution in [0.4, 0.5) is 0 Å². The fourth-order valence-electron chi connectivity index (χ4n) is 2.64. The molecule has 1 heterocycles. The Morgan fingerprint density at radius 3 is 2.78 bits per heavy atom. The minimum Gasteiger partial charge on any atom is -0.492 e. The van der Waals surface area contributed by atoms with Crippen LogP contribution in [0.5, 0.6) is 5.75 Å². The third kappa shape index (κ3) is 3.79. The second-order valence-corrected chi connectivity index (χ2v) is 7.90. The minimum atomic E-state index is -3.80. The molecular formula is C15H21ClN2O4S. The van der Waals surface area contributed by atoms with Crippen molar-refractivity contribution < 1.29 is 17.9 Å². The summed E-state index contributed by atoms with van der Waals surface area (Å²) in [5, 5.41) is 0.357. The van der Waals surface area contributed by atoms with Gasteiger partial charge in [-0.2, -0.15) is 4.31 Å². The highest BCUT2D eigenvalue weighted by Crippen LogP contribution is 2.34. The fourth-order valence-corrected chi connectivity index (χ4v) is 4.53. The Bertz CT molecular complexity index is 706. The van der Waals surface area contributed by atoms with Gasteiger partial charge in [0.05, 0.1) is 12.5 Å². The Kier molecular flexibility index (Phi) is 5.54. The molecule has 0 radical (unpaired) electrons. The maximum Gasteiger partial charge on any atom is 0.246 e. The van der Waals surface area contributed by atoms with Crippen molar-refractivity contribution >= 4 is 27.5 Å². The van der Waals surface area contributed by atoms with Gasteiger partial charge in [-0.25, -0.2) is 8.42 Å². The molecule has 1 fully saturated rings. The van der Waals surface area contributed by atoms with Crippen LogP contribution in [0.1, 0.15) is 25.3 Å². The minimum absolute atomic E-state index is 0.0278. The molecule has 1 aliphatic heterocycles. The van der Waals surface area contributed by atoms with Crippen molar-refractivity contribution in [3.05, 3.63) is 22.7 Å². The highest BCUT2D eigenvalue weighted by Gasteiger charge is 2.34. The highest BCUT2D eigenvalue weighted by atomic mass is 35.5. The molecule has 2 N–H and O–H groups in total. The molecule has 128 valence electrons. The number of aryl methyl sites for hydroxylation is 1. The summed E-state index contributed by atoms with van der Waals surface area (Å²) in [5.74, 6) is -0.664. The third-order valence-corrected chi connectivity index (χ3v) is 6.22. The standard InChI is InChI=1S/C15H21ClN2O4S/c1-3-22-13-7-10(2)12(16)8-14(13)23(20,21)18-6-4-5-11(9-18)15(17)19/h7-8,11H,3-6,9H2,1-2H3,(H2,17,19). The number of carbonyl (C=O) groups excluding carboxylic acids is 1. The Morgan fingerprint density at radius 2 is 2.17 bits per heavy atom. The van der Waals surface area contributed by atoms with E-state index in [1.54, 1.807) is 19.9 Å². The third-order valence-electron chi connectivity index (χ3n) is 3.93. The summed E-state index contributed by atoms with van der Waals surface area (Å²) in [5.41, 5.74) is 6.07. The van der Waals surface area contributed by atoms with Crippen molar-refractivity contribution in [2.45, 2.75) is 31.6 Å². The van der Waals surface area contributed by atoms with Crippen molar-refractivity contribution in [2.24, 2.45) is 11.7 Å². The van der Waals surface area contributed by atoms with Crippen LogP contribution in [-0.4, -0.2) is 38.3 Å². The van der Waals surface area contributed by atoms with E-state index in [2.05, 4.69) is 0 Å². The summed E-state index contributed by atoms with van der Waals surface area (Å²) in [4.78, 5) is 11.4. The van der Waals surface area contributed by atoms with E-state index >= 15 is 0 Å². The number of ether oxygens (including phenoxy) is 1. The van der Waals surface area contributed by atoms with Crippen LogP contribution in [0.2, 0.25) is 5.02 Å². The van der Waals surface area contributed by atoms with Gasteiger partial charge >= 0.3 is 0 Å². The van der Waals surface area contributed by atoms with Crippen molar-refractivity contribution in [1.82, 2.24) is 4.31 Å². The predicted molar refractivity (Wildman–Crippen MR) is 88.0 cm³/mol. The largest absolute Gasteiger partial charge is 0.492 e. The van der Waals surface area contributed by atoms with Crippen molar-refractivity contribution in [2.75, 3.05) is 19.7 Å². The molecule has 23 heavy (non-hydrogen) atoms. The zero-order chi connectivity index (χ0) is 17.2. The van der Waals surface area contributed by atoms with Gasteiger partial charge in [-0.1, -0.05) is 11.6 Å². The Labute approximate surface area is 141 Å². The number of primary amides is 1. The number of sulfonamides is 1. The molecule has 1 aliphatic rings. The lowest BCUT2D eigenvalue weighted by atomic mass is 9.99.